The first-order valence-electron chi connectivity index (χ1n) is 8.12. The zero-order valence-corrected chi connectivity index (χ0v) is 13.7. The number of pyridine rings is 1. The van der Waals surface area contributed by atoms with Crippen molar-refractivity contribution in [2.75, 3.05) is 13.1 Å². The van der Waals surface area contributed by atoms with E-state index in [1.165, 1.54) is 4.52 Å². The van der Waals surface area contributed by atoms with Crippen molar-refractivity contribution in [1.29, 1.82) is 0 Å². The molecule has 0 aromatic carbocycles. The Morgan fingerprint density at radius 2 is 2.16 bits per heavy atom. The molecule has 4 rings (SSSR count). The van der Waals surface area contributed by atoms with Crippen molar-refractivity contribution in [1.82, 2.24) is 34.5 Å². The number of aryl methyl sites for hydroxylation is 1. The van der Waals surface area contributed by atoms with Crippen LogP contribution in [-0.2, 0) is 7.05 Å². The van der Waals surface area contributed by atoms with Crippen LogP contribution in [-0.4, -0.2) is 59.3 Å². The van der Waals surface area contributed by atoms with Gasteiger partial charge in [-0.1, -0.05) is 0 Å². The zero-order valence-electron chi connectivity index (χ0n) is 13.7. The Kier molecular flexibility index (Phi) is 3.75. The molecular formula is C16H17N7O2. The lowest BCUT2D eigenvalue weighted by Crippen LogP contribution is -2.42. The van der Waals surface area contributed by atoms with Crippen molar-refractivity contribution in [3.63, 3.8) is 0 Å². The normalized spacial score (nSPS) is 17.8. The number of carbonyl (C=O) groups is 2. The minimum absolute atomic E-state index is 0.0130. The van der Waals surface area contributed by atoms with Crippen molar-refractivity contribution in [2.45, 2.75) is 12.8 Å². The summed E-state index contributed by atoms with van der Waals surface area (Å²) in [5.74, 6) is 0.0839. The summed E-state index contributed by atoms with van der Waals surface area (Å²) in [6.07, 6.45) is 6.53. The maximum atomic E-state index is 12.8. The van der Waals surface area contributed by atoms with Gasteiger partial charge in [0.2, 0.25) is 5.78 Å². The van der Waals surface area contributed by atoms with E-state index in [2.05, 4.69) is 20.5 Å². The third-order valence-electron chi connectivity index (χ3n) is 4.56. The molecule has 128 valence electrons. The Balaban J connectivity index is 1.53. The number of rotatable bonds is 3. The minimum atomic E-state index is -0.226. The third-order valence-corrected chi connectivity index (χ3v) is 4.56. The highest BCUT2D eigenvalue weighted by molar-refractivity contribution is 5.97. The van der Waals surface area contributed by atoms with Crippen LogP contribution in [0.4, 0.5) is 0 Å². The molecule has 4 heterocycles. The monoisotopic (exact) mass is 339 g/mol. The standard InChI is InChI=1S/C16H17N7O2/c1-21-8-6-17-15(21)14(24)11-3-2-7-22(9-11)16(25)12-4-5-13-18-19-20-23(13)10-12/h4-6,8,10-11H,2-3,7,9H2,1H3/t11-/m0/s1. The molecule has 1 aliphatic heterocycles. The highest BCUT2D eigenvalue weighted by Gasteiger charge is 2.31. The van der Waals surface area contributed by atoms with E-state index in [1.54, 1.807) is 47.2 Å². The van der Waals surface area contributed by atoms with Gasteiger partial charge in [0.1, 0.15) is 0 Å². The fourth-order valence-corrected chi connectivity index (χ4v) is 3.21. The van der Waals surface area contributed by atoms with Crippen LogP contribution in [0.15, 0.2) is 30.7 Å². The van der Waals surface area contributed by atoms with Gasteiger partial charge in [0.15, 0.2) is 11.5 Å². The van der Waals surface area contributed by atoms with Crippen LogP contribution in [0.25, 0.3) is 5.65 Å². The molecule has 0 unspecified atom stereocenters. The first-order valence-corrected chi connectivity index (χ1v) is 8.12. The number of fused-ring (bicyclic) bond motifs is 1. The summed E-state index contributed by atoms with van der Waals surface area (Å²) in [5, 5.41) is 11.2. The minimum Gasteiger partial charge on any atom is -0.338 e. The lowest BCUT2D eigenvalue weighted by atomic mass is 9.93. The number of likely N-dealkylation sites (tertiary alicyclic amines) is 1. The number of carbonyl (C=O) groups excluding carboxylic acids is 2. The molecule has 1 fully saturated rings. The van der Waals surface area contributed by atoms with E-state index in [0.717, 1.165) is 12.8 Å². The number of nitrogens with zero attached hydrogens (tertiary/aromatic N) is 7. The van der Waals surface area contributed by atoms with Gasteiger partial charge in [-0.15, -0.1) is 5.10 Å². The molecule has 0 N–H and O–H groups in total. The summed E-state index contributed by atoms with van der Waals surface area (Å²) in [6.45, 7) is 1.04. The van der Waals surface area contributed by atoms with Gasteiger partial charge in [-0.3, -0.25) is 9.59 Å². The van der Waals surface area contributed by atoms with Crippen molar-refractivity contribution in [3.05, 3.63) is 42.1 Å². The second-order valence-corrected chi connectivity index (χ2v) is 6.22. The maximum Gasteiger partial charge on any atom is 0.255 e. The maximum absolute atomic E-state index is 12.8. The predicted octanol–water partition coefficient (Wildman–Crippen LogP) is 0.593. The Bertz CT molecular complexity index is 945. The SMILES string of the molecule is Cn1ccnc1C(=O)[C@H]1CCCN(C(=O)c2ccc3nnnn3c2)C1. The van der Waals surface area contributed by atoms with E-state index in [9.17, 15) is 9.59 Å². The van der Waals surface area contributed by atoms with Gasteiger partial charge in [-0.05, 0) is 35.4 Å². The van der Waals surface area contributed by atoms with Gasteiger partial charge in [-0.2, -0.15) is 4.52 Å². The summed E-state index contributed by atoms with van der Waals surface area (Å²) in [5.41, 5.74) is 1.09. The van der Waals surface area contributed by atoms with Crippen LogP contribution in [0.5, 0.6) is 0 Å². The van der Waals surface area contributed by atoms with Crippen LogP contribution in [0.3, 0.4) is 0 Å². The molecule has 3 aromatic heterocycles. The van der Waals surface area contributed by atoms with Crippen LogP contribution >= 0.6 is 0 Å². The zero-order chi connectivity index (χ0) is 17.4. The van der Waals surface area contributed by atoms with E-state index in [0.29, 0.717) is 30.1 Å². The number of amides is 1. The fraction of sp³-hybridized carbons (Fsp3) is 0.375. The molecule has 0 radical (unpaired) electrons. The lowest BCUT2D eigenvalue weighted by molar-refractivity contribution is 0.0632. The summed E-state index contributed by atoms with van der Waals surface area (Å²) in [6, 6.07) is 3.41. The number of aromatic nitrogens is 6. The number of imidazole rings is 1. The lowest BCUT2D eigenvalue weighted by Gasteiger charge is -2.31. The molecule has 1 saturated heterocycles. The Morgan fingerprint density at radius 3 is 2.96 bits per heavy atom. The molecule has 0 bridgehead atoms. The highest BCUT2D eigenvalue weighted by Crippen LogP contribution is 2.22. The van der Waals surface area contributed by atoms with Gasteiger partial charge in [0, 0.05) is 44.6 Å². The number of hydrogen-bond acceptors (Lipinski definition) is 6. The molecule has 1 atom stereocenters. The van der Waals surface area contributed by atoms with Crippen molar-refractivity contribution < 1.29 is 9.59 Å². The molecule has 0 aliphatic carbocycles. The van der Waals surface area contributed by atoms with Crippen molar-refractivity contribution >= 4 is 17.3 Å². The average Bonchev–Trinajstić information content (AvgIpc) is 3.28. The van der Waals surface area contributed by atoms with E-state index in [1.807, 2.05) is 0 Å². The summed E-state index contributed by atoms with van der Waals surface area (Å²) >= 11 is 0. The molecule has 1 amide bonds. The number of hydrogen-bond donors (Lipinski definition) is 0. The van der Waals surface area contributed by atoms with Gasteiger partial charge in [-0.25, -0.2) is 4.98 Å². The van der Waals surface area contributed by atoms with Gasteiger partial charge in [0.25, 0.3) is 5.91 Å². The van der Waals surface area contributed by atoms with Gasteiger partial charge in [0.05, 0.1) is 5.56 Å². The second-order valence-electron chi connectivity index (χ2n) is 6.22. The van der Waals surface area contributed by atoms with Gasteiger partial charge >= 0.3 is 0 Å². The van der Waals surface area contributed by atoms with E-state index >= 15 is 0 Å². The summed E-state index contributed by atoms with van der Waals surface area (Å²) in [4.78, 5) is 31.3. The quantitative estimate of drug-likeness (QED) is 0.648. The molecule has 0 spiro atoms. The fourth-order valence-electron chi connectivity index (χ4n) is 3.21. The topological polar surface area (TPSA) is 98.3 Å². The second kappa shape index (κ2) is 6.08. The number of ketones is 1. The summed E-state index contributed by atoms with van der Waals surface area (Å²) in [7, 11) is 1.80. The smallest absolute Gasteiger partial charge is 0.255 e. The van der Waals surface area contributed by atoms with E-state index in [4.69, 9.17) is 0 Å². The molecular weight excluding hydrogens is 322 g/mol. The molecule has 9 heteroatoms. The van der Waals surface area contributed by atoms with Crippen LogP contribution < -0.4 is 0 Å². The van der Waals surface area contributed by atoms with Crippen LogP contribution in [0.2, 0.25) is 0 Å². The molecule has 9 nitrogen and oxygen atoms in total. The Morgan fingerprint density at radius 1 is 1.28 bits per heavy atom. The number of tetrazole rings is 1. The van der Waals surface area contributed by atoms with E-state index in [-0.39, 0.29) is 17.6 Å². The average molecular weight is 339 g/mol. The van der Waals surface area contributed by atoms with Crippen molar-refractivity contribution in [2.24, 2.45) is 13.0 Å². The Labute approximate surface area is 143 Å². The van der Waals surface area contributed by atoms with Gasteiger partial charge < -0.3 is 9.47 Å². The number of Topliss-reactive ketones (excluding diaryl/α,β-unsaturated/α-hetero) is 1. The first kappa shape index (κ1) is 15.4. The molecule has 0 saturated carbocycles. The molecule has 25 heavy (non-hydrogen) atoms. The third kappa shape index (κ3) is 2.77. The van der Waals surface area contributed by atoms with E-state index < -0.39 is 0 Å². The predicted molar refractivity (Wildman–Crippen MR) is 86.9 cm³/mol. The molecule has 3 aromatic rings. The molecule has 1 aliphatic rings. The van der Waals surface area contributed by atoms with Crippen LogP contribution in [0.1, 0.15) is 33.8 Å². The Hall–Kier alpha value is -3.10. The largest absolute Gasteiger partial charge is 0.338 e. The number of piperidine rings is 1. The van der Waals surface area contributed by atoms with Crippen LogP contribution in [0, 0.1) is 5.92 Å². The highest BCUT2D eigenvalue weighted by atomic mass is 16.2. The summed E-state index contributed by atoms with van der Waals surface area (Å²) < 4.78 is 3.18. The van der Waals surface area contributed by atoms with Crippen molar-refractivity contribution in [3.8, 4) is 0 Å². The first-order chi connectivity index (χ1) is 12.1.